The molecule has 1 fully saturated rings. The summed E-state index contributed by atoms with van der Waals surface area (Å²) in [5, 5.41) is 19.0. The third-order valence-electron chi connectivity index (χ3n) is 3.28. The van der Waals surface area contributed by atoms with Gasteiger partial charge in [-0.25, -0.2) is 0 Å². The summed E-state index contributed by atoms with van der Waals surface area (Å²) in [5.41, 5.74) is 0.825. The van der Waals surface area contributed by atoms with Crippen molar-refractivity contribution in [3.05, 3.63) is 23.8 Å². The zero-order chi connectivity index (χ0) is 13.8. The Bertz CT molecular complexity index is 484. The molecule has 1 aliphatic heterocycles. The highest BCUT2D eigenvalue weighted by atomic mass is 16.5. The molecule has 1 aliphatic rings. The maximum absolute atomic E-state index is 9.60. The number of phenolic OH excluding ortho intramolecular Hbond substituents is 1. The fraction of sp³-hybridized carbons (Fsp3) is 0.500. The van der Waals surface area contributed by atoms with Crippen LogP contribution in [0.1, 0.15) is 18.5 Å². The SMILES string of the molecule is COc1cc([C@@H](C#N)N2CCO[C@H](C)C2)ccc1O. The van der Waals surface area contributed by atoms with E-state index in [1.54, 1.807) is 18.2 Å². The average molecular weight is 262 g/mol. The molecular weight excluding hydrogens is 244 g/mol. The van der Waals surface area contributed by atoms with Crippen LogP contribution in [0.5, 0.6) is 11.5 Å². The number of phenols is 1. The fourth-order valence-electron chi connectivity index (χ4n) is 2.31. The Kier molecular flexibility index (Phi) is 4.25. The zero-order valence-corrected chi connectivity index (χ0v) is 11.2. The van der Waals surface area contributed by atoms with Crippen LogP contribution in [0.25, 0.3) is 0 Å². The average Bonchev–Trinajstić information content (AvgIpc) is 2.41. The van der Waals surface area contributed by atoms with Gasteiger partial charge in [-0.05, 0) is 24.6 Å². The maximum atomic E-state index is 9.60. The van der Waals surface area contributed by atoms with Gasteiger partial charge in [-0.2, -0.15) is 5.26 Å². The summed E-state index contributed by atoms with van der Waals surface area (Å²) < 4.78 is 10.6. The summed E-state index contributed by atoms with van der Waals surface area (Å²) in [6.07, 6.45) is 0.128. The molecule has 1 N–H and O–H groups in total. The molecule has 2 rings (SSSR count). The number of benzene rings is 1. The van der Waals surface area contributed by atoms with Gasteiger partial charge in [0.2, 0.25) is 0 Å². The Morgan fingerprint density at radius 1 is 1.58 bits per heavy atom. The standard InChI is InChI=1S/C14H18N2O3/c1-10-9-16(5-6-19-10)12(8-15)11-3-4-13(17)14(7-11)18-2/h3-4,7,10,12,17H,5-6,9H2,1-2H3/t10-,12-/m1/s1. The van der Waals surface area contributed by atoms with Crippen LogP contribution in [0.4, 0.5) is 0 Å². The summed E-state index contributed by atoms with van der Waals surface area (Å²) in [5.74, 6) is 0.470. The minimum absolute atomic E-state index is 0.0817. The molecule has 1 aromatic carbocycles. The first-order valence-corrected chi connectivity index (χ1v) is 6.28. The highest BCUT2D eigenvalue weighted by molar-refractivity contribution is 5.43. The second-order valence-electron chi connectivity index (χ2n) is 4.64. The van der Waals surface area contributed by atoms with Crippen LogP contribution in [-0.2, 0) is 4.74 Å². The van der Waals surface area contributed by atoms with E-state index in [2.05, 4.69) is 11.0 Å². The molecule has 0 saturated carbocycles. The van der Waals surface area contributed by atoms with Gasteiger partial charge in [0.1, 0.15) is 6.04 Å². The van der Waals surface area contributed by atoms with Gasteiger partial charge in [0.15, 0.2) is 11.5 Å². The van der Waals surface area contributed by atoms with Gasteiger partial charge in [0.05, 0.1) is 25.9 Å². The third-order valence-corrected chi connectivity index (χ3v) is 3.28. The summed E-state index contributed by atoms with van der Waals surface area (Å²) in [7, 11) is 1.50. The number of hydrogen-bond donors (Lipinski definition) is 1. The second kappa shape index (κ2) is 5.91. The maximum Gasteiger partial charge on any atom is 0.160 e. The minimum Gasteiger partial charge on any atom is -0.504 e. The minimum atomic E-state index is -0.346. The van der Waals surface area contributed by atoms with Crippen molar-refractivity contribution in [2.75, 3.05) is 26.8 Å². The lowest BCUT2D eigenvalue weighted by Gasteiger charge is -2.34. The van der Waals surface area contributed by atoms with Gasteiger partial charge in [0.25, 0.3) is 0 Å². The van der Waals surface area contributed by atoms with Gasteiger partial charge in [-0.1, -0.05) is 6.07 Å². The Labute approximate surface area is 113 Å². The molecular formula is C14H18N2O3. The molecule has 0 radical (unpaired) electrons. The number of methoxy groups -OCH3 is 1. The van der Waals surface area contributed by atoms with E-state index in [0.717, 1.165) is 18.7 Å². The first-order chi connectivity index (χ1) is 9.15. The van der Waals surface area contributed by atoms with Crippen LogP contribution in [0.15, 0.2) is 18.2 Å². The van der Waals surface area contributed by atoms with Crippen LogP contribution in [0.2, 0.25) is 0 Å². The molecule has 0 amide bonds. The molecule has 19 heavy (non-hydrogen) atoms. The van der Waals surface area contributed by atoms with Crippen molar-refractivity contribution in [3.63, 3.8) is 0 Å². The molecule has 1 heterocycles. The molecule has 0 bridgehead atoms. The van der Waals surface area contributed by atoms with E-state index in [-0.39, 0.29) is 17.9 Å². The van der Waals surface area contributed by atoms with E-state index in [4.69, 9.17) is 9.47 Å². The third kappa shape index (κ3) is 2.98. The molecule has 0 spiro atoms. The van der Waals surface area contributed by atoms with Crippen LogP contribution >= 0.6 is 0 Å². The van der Waals surface area contributed by atoms with E-state index in [1.165, 1.54) is 7.11 Å². The van der Waals surface area contributed by atoms with Crippen LogP contribution in [-0.4, -0.2) is 42.9 Å². The van der Waals surface area contributed by atoms with E-state index in [0.29, 0.717) is 12.4 Å². The predicted molar refractivity (Wildman–Crippen MR) is 70.0 cm³/mol. The van der Waals surface area contributed by atoms with Crippen molar-refractivity contribution in [3.8, 4) is 17.6 Å². The van der Waals surface area contributed by atoms with Crippen LogP contribution in [0.3, 0.4) is 0 Å². The van der Waals surface area contributed by atoms with Crippen molar-refractivity contribution in [2.24, 2.45) is 0 Å². The van der Waals surface area contributed by atoms with Gasteiger partial charge in [-0.15, -0.1) is 0 Å². The quantitative estimate of drug-likeness (QED) is 0.898. The summed E-state index contributed by atoms with van der Waals surface area (Å²) in [4.78, 5) is 2.08. The monoisotopic (exact) mass is 262 g/mol. The lowest BCUT2D eigenvalue weighted by molar-refractivity contribution is -0.0269. The molecule has 0 aliphatic carbocycles. The number of nitrogens with zero attached hydrogens (tertiary/aromatic N) is 2. The van der Waals surface area contributed by atoms with E-state index in [1.807, 2.05) is 6.92 Å². The van der Waals surface area contributed by atoms with E-state index in [9.17, 15) is 10.4 Å². The second-order valence-corrected chi connectivity index (χ2v) is 4.64. The molecule has 102 valence electrons. The van der Waals surface area contributed by atoms with Crippen molar-refractivity contribution < 1.29 is 14.6 Å². The zero-order valence-electron chi connectivity index (χ0n) is 11.2. The van der Waals surface area contributed by atoms with Gasteiger partial charge in [-0.3, -0.25) is 4.90 Å². The molecule has 0 aromatic heterocycles. The largest absolute Gasteiger partial charge is 0.504 e. The number of ether oxygens (including phenoxy) is 2. The first-order valence-electron chi connectivity index (χ1n) is 6.28. The number of aromatic hydroxyl groups is 1. The highest BCUT2D eigenvalue weighted by Crippen LogP contribution is 2.31. The Hall–Kier alpha value is -1.77. The normalized spacial score (nSPS) is 21.6. The lowest BCUT2D eigenvalue weighted by atomic mass is 10.0. The Morgan fingerprint density at radius 3 is 3.00 bits per heavy atom. The molecule has 5 heteroatoms. The summed E-state index contributed by atoms with van der Waals surface area (Å²) in [6, 6.07) is 6.99. The summed E-state index contributed by atoms with van der Waals surface area (Å²) in [6.45, 7) is 4.08. The molecule has 1 saturated heterocycles. The van der Waals surface area contributed by atoms with Gasteiger partial charge < -0.3 is 14.6 Å². The lowest BCUT2D eigenvalue weighted by Crippen LogP contribution is -2.42. The van der Waals surface area contributed by atoms with E-state index >= 15 is 0 Å². The Morgan fingerprint density at radius 2 is 2.37 bits per heavy atom. The molecule has 2 atom stereocenters. The topological polar surface area (TPSA) is 65.7 Å². The summed E-state index contributed by atoms with van der Waals surface area (Å²) >= 11 is 0. The number of rotatable bonds is 3. The Balaban J connectivity index is 2.24. The molecule has 0 unspecified atom stereocenters. The van der Waals surface area contributed by atoms with Crippen molar-refractivity contribution in [1.29, 1.82) is 5.26 Å². The number of hydrogen-bond acceptors (Lipinski definition) is 5. The van der Waals surface area contributed by atoms with E-state index < -0.39 is 0 Å². The fourth-order valence-corrected chi connectivity index (χ4v) is 2.31. The number of morpholine rings is 1. The first kappa shape index (κ1) is 13.7. The van der Waals surface area contributed by atoms with Gasteiger partial charge >= 0.3 is 0 Å². The van der Waals surface area contributed by atoms with Gasteiger partial charge in [0, 0.05) is 13.1 Å². The molecule has 1 aromatic rings. The van der Waals surface area contributed by atoms with Crippen molar-refractivity contribution in [1.82, 2.24) is 4.90 Å². The smallest absolute Gasteiger partial charge is 0.160 e. The predicted octanol–water partition coefficient (Wildman–Crippen LogP) is 1.69. The van der Waals surface area contributed by atoms with Crippen LogP contribution in [0, 0.1) is 11.3 Å². The van der Waals surface area contributed by atoms with Crippen molar-refractivity contribution >= 4 is 0 Å². The number of nitriles is 1. The van der Waals surface area contributed by atoms with Crippen LogP contribution < -0.4 is 4.74 Å². The highest BCUT2D eigenvalue weighted by Gasteiger charge is 2.26. The van der Waals surface area contributed by atoms with Crippen molar-refractivity contribution in [2.45, 2.75) is 19.1 Å². The molecule has 5 nitrogen and oxygen atoms in total.